The predicted octanol–water partition coefficient (Wildman–Crippen LogP) is 1.95. The molecule has 0 bridgehead atoms. The van der Waals surface area contributed by atoms with Crippen molar-refractivity contribution in [3.8, 4) is 0 Å². The molecule has 2 N–H and O–H groups in total. The minimum atomic E-state index is 0.178. The molecule has 0 aliphatic heterocycles. The van der Waals surface area contributed by atoms with Crippen molar-refractivity contribution in [1.29, 1.82) is 0 Å². The second-order valence-corrected chi connectivity index (χ2v) is 4.41. The zero-order valence-corrected chi connectivity index (χ0v) is 8.08. The number of nitrogen functional groups attached to an aromatic ring is 1. The van der Waals surface area contributed by atoms with E-state index >= 15 is 0 Å². The van der Waals surface area contributed by atoms with Crippen LogP contribution in [0, 0.1) is 5.41 Å². The molecule has 0 radical (unpaired) electrons. The highest BCUT2D eigenvalue weighted by atomic mass is 16.4. The maximum absolute atomic E-state index is 5.39. The fourth-order valence-electron chi connectivity index (χ4n) is 2.17. The molecule has 1 aromatic rings. The van der Waals surface area contributed by atoms with Crippen LogP contribution in [0.5, 0.6) is 0 Å². The van der Waals surface area contributed by atoms with E-state index in [1.165, 1.54) is 12.8 Å². The van der Waals surface area contributed by atoms with Crippen molar-refractivity contribution in [2.75, 3.05) is 5.73 Å². The summed E-state index contributed by atoms with van der Waals surface area (Å²) in [5.74, 6) is 1.09. The number of rotatable bonds is 1. The van der Waals surface area contributed by atoms with Gasteiger partial charge < -0.3 is 10.2 Å². The molecule has 1 unspecified atom stereocenters. The van der Waals surface area contributed by atoms with Crippen LogP contribution < -0.4 is 5.73 Å². The molecule has 1 saturated carbocycles. The van der Waals surface area contributed by atoms with E-state index in [2.05, 4.69) is 24.0 Å². The second kappa shape index (κ2) is 2.72. The van der Waals surface area contributed by atoms with E-state index in [1.54, 1.807) is 0 Å². The Hall–Kier alpha value is -1.06. The molecule has 4 nitrogen and oxygen atoms in total. The first kappa shape index (κ1) is 8.53. The number of hydrogen-bond acceptors (Lipinski definition) is 4. The number of anilines is 1. The summed E-state index contributed by atoms with van der Waals surface area (Å²) in [6, 6.07) is 0.178. The van der Waals surface area contributed by atoms with Crippen molar-refractivity contribution in [3.05, 3.63) is 5.89 Å². The van der Waals surface area contributed by atoms with Crippen molar-refractivity contribution in [1.82, 2.24) is 10.2 Å². The highest BCUT2D eigenvalue weighted by molar-refractivity contribution is 5.10. The molecule has 4 heteroatoms. The first-order chi connectivity index (χ1) is 6.09. The van der Waals surface area contributed by atoms with Crippen molar-refractivity contribution in [3.63, 3.8) is 0 Å². The fourth-order valence-corrected chi connectivity index (χ4v) is 2.17. The van der Waals surface area contributed by atoms with Crippen LogP contribution in [0.15, 0.2) is 4.42 Å². The highest BCUT2D eigenvalue weighted by Gasteiger charge is 2.38. The van der Waals surface area contributed by atoms with Crippen LogP contribution in [0.1, 0.15) is 44.9 Å². The Morgan fingerprint density at radius 3 is 2.69 bits per heavy atom. The molecule has 1 fully saturated rings. The van der Waals surface area contributed by atoms with E-state index in [9.17, 15) is 0 Å². The lowest BCUT2D eigenvalue weighted by atomic mass is 9.82. The van der Waals surface area contributed by atoms with Crippen molar-refractivity contribution >= 4 is 6.01 Å². The van der Waals surface area contributed by atoms with E-state index in [4.69, 9.17) is 10.2 Å². The SMILES string of the molecule is CC1(C)CCCC1c1nnc(N)o1. The molecule has 2 rings (SSSR count). The van der Waals surface area contributed by atoms with Gasteiger partial charge in [0.25, 0.3) is 0 Å². The summed E-state index contributed by atoms with van der Waals surface area (Å²) in [5.41, 5.74) is 5.67. The summed E-state index contributed by atoms with van der Waals surface area (Å²) in [4.78, 5) is 0. The van der Waals surface area contributed by atoms with Crippen molar-refractivity contribution in [2.45, 2.75) is 39.0 Å². The maximum atomic E-state index is 5.39. The molecule has 0 saturated heterocycles. The molecule has 0 spiro atoms. The lowest BCUT2D eigenvalue weighted by Gasteiger charge is -2.23. The van der Waals surface area contributed by atoms with Gasteiger partial charge in [-0.2, -0.15) is 0 Å². The maximum Gasteiger partial charge on any atom is 0.312 e. The van der Waals surface area contributed by atoms with E-state index in [1.807, 2.05) is 0 Å². The van der Waals surface area contributed by atoms with Gasteiger partial charge in [0, 0.05) is 5.92 Å². The third-order valence-corrected chi connectivity index (χ3v) is 3.01. The molecule has 1 aliphatic rings. The molecule has 1 heterocycles. The van der Waals surface area contributed by atoms with Crippen LogP contribution in [0.2, 0.25) is 0 Å². The summed E-state index contributed by atoms with van der Waals surface area (Å²) in [6.07, 6.45) is 3.59. The van der Waals surface area contributed by atoms with Gasteiger partial charge in [0.15, 0.2) is 0 Å². The summed E-state index contributed by atoms with van der Waals surface area (Å²) in [7, 11) is 0. The predicted molar refractivity (Wildman–Crippen MR) is 49.1 cm³/mol. The molecular formula is C9H15N3O. The number of nitrogens with two attached hydrogens (primary N) is 1. The Morgan fingerprint density at radius 2 is 2.23 bits per heavy atom. The Morgan fingerprint density at radius 1 is 1.46 bits per heavy atom. The Labute approximate surface area is 77.5 Å². The molecule has 1 aliphatic carbocycles. The summed E-state index contributed by atoms with van der Waals surface area (Å²) >= 11 is 0. The van der Waals surface area contributed by atoms with Gasteiger partial charge in [0.1, 0.15) is 0 Å². The third-order valence-electron chi connectivity index (χ3n) is 3.01. The largest absolute Gasteiger partial charge is 0.408 e. The van der Waals surface area contributed by atoms with Crippen LogP contribution >= 0.6 is 0 Å². The number of nitrogens with zero attached hydrogens (tertiary/aromatic N) is 2. The van der Waals surface area contributed by atoms with Crippen molar-refractivity contribution in [2.24, 2.45) is 5.41 Å². The van der Waals surface area contributed by atoms with Crippen LogP contribution in [-0.2, 0) is 0 Å². The van der Waals surface area contributed by atoms with E-state index in [0.717, 1.165) is 6.42 Å². The first-order valence-electron chi connectivity index (χ1n) is 4.68. The fraction of sp³-hybridized carbons (Fsp3) is 0.778. The van der Waals surface area contributed by atoms with E-state index in [0.29, 0.717) is 11.8 Å². The normalized spacial score (nSPS) is 26.5. The van der Waals surface area contributed by atoms with Crippen LogP contribution in [0.4, 0.5) is 6.01 Å². The molecule has 72 valence electrons. The van der Waals surface area contributed by atoms with E-state index < -0.39 is 0 Å². The molecular weight excluding hydrogens is 166 g/mol. The van der Waals surface area contributed by atoms with Gasteiger partial charge in [-0.15, -0.1) is 5.10 Å². The number of aromatic nitrogens is 2. The number of hydrogen-bond donors (Lipinski definition) is 1. The average Bonchev–Trinajstić information content (AvgIpc) is 2.56. The third kappa shape index (κ3) is 1.41. The summed E-state index contributed by atoms with van der Waals surface area (Å²) in [6.45, 7) is 4.48. The Bertz CT molecular complexity index is 306. The topological polar surface area (TPSA) is 64.9 Å². The smallest absolute Gasteiger partial charge is 0.312 e. The molecule has 1 aromatic heterocycles. The van der Waals surface area contributed by atoms with Gasteiger partial charge >= 0.3 is 6.01 Å². The van der Waals surface area contributed by atoms with Gasteiger partial charge in [-0.25, -0.2) is 0 Å². The zero-order chi connectivity index (χ0) is 9.47. The van der Waals surface area contributed by atoms with Crippen LogP contribution in [0.3, 0.4) is 0 Å². The van der Waals surface area contributed by atoms with Gasteiger partial charge in [-0.1, -0.05) is 25.4 Å². The van der Waals surface area contributed by atoms with Crippen molar-refractivity contribution < 1.29 is 4.42 Å². The summed E-state index contributed by atoms with van der Waals surface area (Å²) < 4.78 is 5.26. The second-order valence-electron chi connectivity index (χ2n) is 4.41. The molecule has 1 atom stereocenters. The van der Waals surface area contributed by atoms with Gasteiger partial charge in [0.05, 0.1) is 0 Å². The monoisotopic (exact) mass is 181 g/mol. The van der Waals surface area contributed by atoms with Crippen LogP contribution in [-0.4, -0.2) is 10.2 Å². The summed E-state index contributed by atoms with van der Waals surface area (Å²) in [5, 5.41) is 7.64. The standard InChI is InChI=1S/C9H15N3O/c1-9(2)5-3-4-6(9)7-11-12-8(10)13-7/h6H,3-5H2,1-2H3,(H2,10,12). The first-order valence-corrected chi connectivity index (χ1v) is 4.68. The Balaban J connectivity index is 2.26. The average molecular weight is 181 g/mol. The minimum absolute atomic E-state index is 0.178. The van der Waals surface area contributed by atoms with Gasteiger partial charge in [-0.3, -0.25) is 0 Å². The van der Waals surface area contributed by atoms with E-state index in [-0.39, 0.29) is 11.4 Å². The van der Waals surface area contributed by atoms with Crippen LogP contribution in [0.25, 0.3) is 0 Å². The zero-order valence-electron chi connectivity index (χ0n) is 8.08. The lowest BCUT2D eigenvalue weighted by Crippen LogP contribution is -2.15. The van der Waals surface area contributed by atoms with Gasteiger partial charge in [-0.05, 0) is 18.3 Å². The Kier molecular flexibility index (Phi) is 1.78. The van der Waals surface area contributed by atoms with Gasteiger partial charge in [0.2, 0.25) is 5.89 Å². The lowest BCUT2D eigenvalue weighted by molar-refractivity contribution is 0.288. The molecule has 0 aromatic carbocycles. The highest BCUT2D eigenvalue weighted by Crippen LogP contribution is 2.48. The quantitative estimate of drug-likeness (QED) is 0.719. The molecule has 0 amide bonds. The molecule has 13 heavy (non-hydrogen) atoms. The minimum Gasteiger partial charge on any atom is -0.408 e.